The van der Waals surface area contributed by atoms with Crippen molar-refractivity contribution in [2.45, 2.75) is 0 Å². The van der Waals surface area contributed by atoms with E-state index < -0.39 is 0 Å². The number of hydrogen-bond acceptors (Lipinski definition) is 3. The van der Waals surface area contributed by atoms with Gasteiger partial charge in [0.1, 0.15) is 6.61 Å². The van der Waals surface area contributed by atoms with Crippen LogP contribution in [0.5, 0.6) is 0 Å². The molecule has 1 fully saturated rings. The van der Waals surface area contributed by atoms with Gasteiger partial charge in [-0.1, -0.05) is 0 Å². The van der Waals surface area contributed by atoms with Gasteiger partial charge in [-0.2, -0.15) is 5.26 Å². The van der Waals surface area contributed by atoms with Crippen LogP contribution in [0.3, 0.4) is 0 Å². The highest BCUT2D eigenvalue weighted by atomic mass is 127. The molecule has 2 rings (SSSR count). The van der Waals surface area contributed by atoms with Crippen LogP contribution in [0, 0.1) is 14.9 Å². The fourth-order valence-electron chi connectivity index (χ4n) is 1.57. The normalized spacial score (nSPS) is 16.0. The number of ether oxygens (including phenoxy) is 1. The topological polar surface area (TPSA) is 53.3 Å². The molecule has 1 aliphatic rings. The van der Waals surface area contributed by atoms with Gasteiger partial charge in [0.05, 0.1) is 23.9 Å². The van der Waals surface area contributed by atoms with E-state index in [0.29, 0.717) is 18.7 Å². The van der Waals surface area contributed by atoms with Crippen LogP contribution in [0.15, 0.2) is 18.2 Å². The minimum Gasteiger partial charge on any atom is -0.370 e. The molecule has 1 heterocycles. The number of nitrogens with zero attached hydrogens (tertiary/aromatic N) is 2. The summed E-state index contributed by atoms with van der Waals surface area (Å²) in [6.45, 7) is 1.26. The zero-order valence-electron chi connectivity index (χ0n) is 8.44. The highest BCUT2D eigenvalue weighted by Gasteiger charge is 2.21. The molecule has 0 bridgehead atoms. The molecule has 0 unspecified atom stereocenters. The maximum atomic E-state index is 11.6. The third kappa shape index (κ3) is 2.18. The van der Waals surface area contributed by atoms with Gasteiger partial charge in [0.25, 0.3) is 5.91 Å². The molecule has 16 heavy (non-hydrogen) atoms. The van der Waals surface area contributed by atoms with Crippen molar-refractivity contribution in [1.29, 1.82) is 5.26 Å². The quantitative estimate of drug-likeness (QED) is 0.735. The number of rotatable bonds is 1. The standard InChI is InChI=1S/C11H9IN2O2/c12-9-5-8(6-13)1-2-10(9)14-3-4-16-7-11(14)15/h1-2,5H,3-4,7H2. The summed E-state index contributed by atoms with van der Waals surface area (Å²) in [6, 6.07) is 7.38. The first kappa shape index (κ1) is 11.4. The molecule has 0 radical (unpaired) electrons. The van der Waals surface area contributed by atoms with Gasteiger partial charge < -0.3 is 9.64 Å². The van der Waals surface area contributed by atoms with E-state index in [2.05, 4.69) is 28.7 Å². The second-order valence-electron chi connectivity index (χ2n) is 3.38. The smallest absolute Gasteiger partial charge is 0.253 e. The summed E-state index contributed by atoms with van der Waals surface area (Å²) >= 11 is 2.14. The lowest BCUT2D eigenvalue weighted by Crippen LogP contribution is -2.42. The predicted octanol–water partition coefficient (Wildman–Crippen LogP) is 1.53. The SMILES string of the molecule is N#Cc1ccc(N2CCOCC2=O)c(I)c1. The van der Waals surface area contributed by atoms with Crippen LogP contribution in [0.4, 0.5) is 5.69 Å². The van der Waals surface area contributed by atoms with Gasteiger partial charge in [0.15, 0.2) is 0 Å². The summed E-state index contributed by atoms with van der Waals surface area (Å²) in [5.41, 5.74) is 1.46. The average Bonchev–Trinajstić information content (AvgIpc) is 2.30. The number of morpholine rings is 1. The Morgan fingerprint density at radius 2 is 2.31 bits per heavy atom. The molecule has 1 amide bonds. The Kier molecular flexibility index (Phi) is 3.41. The van der Waals surface area contributed by atoms with Crippen LogP contribution >= 0.6 is 22.6 Å². The van der Waals surface area contributed by atoms with Crippen molar-refractivity contribution in [3.63, 3.8) is 0 Å². The zero-order chi connectivity index (χ0) is 11.5. The van der Waals surface area contributed by atoms with Gasteiger partial charge in [-0.15, -0.1) is 0 Å². The highest BCUT2D eigenvalue weighted by molar-refractivity contribution is 14.1. The van der Waals surface area contributed by atoms with Crippen molar-refractivity contribution < 1.29 is 9.53 Å². The molecule has 1 aromatic rings. The summed E-state index contributed by atoms with van der Waals surface area (Å²) in [4.78, 5) is 13.3. The van der Waals surface area contributed by atoms with Crippen molar-refractivity contribution in [2.75, 3.05) is 24.7 Å². The molecular formula is C11H9IN2O2. The van der Waals surface area contributed by atoms with E-state index in [1.165, 1.54) is 0 Å². The van der Waals surface area contributed by atoms with Gasteiger partial charge in [-0.3, -0.25) is 4.79 Å². The Balaban J connectivity index is 2.33. The van der Waals surface area contributed by atoms with E-state index in [1.54, 1.807) is 17.0 Å². The zero-order valence-corrected chi connectivity index (χ0v) is 10.6. The number of hydrogen-bond donors (Lipinski definition) is 0. The Labute approximate surface area is 107 Å². The molecule has 0 aromatic heterocycles. The van der Waals surface area contributed by atoms with Crippen LogP contribution < -0.4 is 4.90 Å². The third-order valence-corrected chi connectivity index (χ3v) is 3.22. The molecule has 4 nitrogen and oxygen atoms in total. The van der Waals surface area contributed by atoms with E-state index in [-0.39, 0.29) is 12.5 Å². The molecule has 5 heteroatoms. The molecule has 1 saturated heterocycles. The first-order valence-corrected chi connectivity index (χ1v) is 5.88. The maximum Gasteiger partial charge on any atom is 0.253 e. The fraction of sp³-hybridized carbons (Fsp3) is 0.273. The van der Waals surface area contributed by atoms with Gasteiger partial charge in [0, 0.05) is 10.1 Å². The molecule has 82 valence electrons. The summed E-state index contributed by atoms with van der Waals surface area (Å²) in [5, 5.41) is 8.76. The van der Waals surface area contributed by atoms with Gasteiger partial charge in [0.2, 0.25) is 0 Å². The van der Waals surface area contributed by atoms with Crippen LogP contribution in [0.2, 0.25) is 0 Å². The number of anilines is 1. The second kappa shape index (κ2) is 4.80. The summed E-state index contributed by atoms with van der Waals surface area (Å²) in [5.74, 6) is -0.0335. The molecule has 0 aliphatic carbocycles. The minimum atomic E-state index is -0.0335. The molecule has 1 aromatic carbocycles. The van der Waals surface area contributed by atoms with Crippen molar-refractivity contribution in [2.24, 2.45) is 0 Å². The summed E-state index contributed by atoms with van der Waals surface area (Å²) in [7, 11) is 0. The molecule has 0 spiro atoms. The number of amides is 1. The predicted molar refractivity (Wildman–Crippen MR) is 67.0 cm³/mol. The molecule has 0 atom stereocenters. The van der Waals surface area contributed by atoms with Crippen LogP contribution in [-0.2, 0) is 9.53 Å². The molecular weight excluding hydrogens is 319 g/mol. The van der Waals surface area contributed by atoms with Crippen LogP contribution in [0.25, 0.3) is 0 Å². The summed E-state index contributed by atoms with van der Waals surface area (Å²) < 4.78 is 5.98. The van der Waals surface area contributed by atoms with Crippen LogP contribution in [-0.4, -0.2) is 25.7 Å². The monoisotopic (exact) mass is 328 g/mol. The highest BCUT2D eigenvalue weighted by Crippen LogP contribution is 2.24. The number of nitriles is 1. The number of carbonyl (C=O) groups is 1. The number of benzene rings is 1. The van der Waals surface area contributed by atoms with E-state index >= 15 is 0 Å². The molecule has 0 N–H and O–H groups in total. The Morgan fingerprint density at radius 3 is 2.94 bits per heavy atom. The Hall–Kier alpha value is -1.13. The lowest BCUT2D eigenvalue weighted by molar-refractivity contribution is -0.125. The van der Waals surface area contributed by atoms with Crippen LogP contribution in [0.1, 0.15) is 5.56 Å². The lowest BCUT2D eigenvalue weighted by Gasteiger charge is -2.27. The van der Waals surface area contributed by atoms with Crippen molar-refractivity contribution in [3.8, 4) is 6.07 Å². The summed E-state index contributed by atoms with van der Waals surface area (Å²) in [6.07, 6.45) is 0. The first-order chi connectivity index (χ1) is 7.72. The molecule has 0 saturated carbocycles. The first-order valence-electron chi connectivity index (χ1n) is 4.80. The van der Waals surface area contributed by atoms with E-state index in [0.717, 1.165) is 9.26 Å². The average molecular weight is 328 g/mol. The maximum absolute atomic E-state index is 11.6. The number of carbonyl (C=O) groups excluding carboxylic acids is 1. The third-order valence-electron chi connectivity index (χ3n) is 2.35. The largest absolute Gasteiger partial charge is 0.370 e. The van der Waals surface area contributed by atoms with Gasteiger partial charge in [-0.05, 0) is 40.8 Å². The van der Waals surface area contributed by atoms with Crippen molar-refractivity contribution in [3.05, 3.63) is 27.3 Å². The minimum absolute atomic E-state index is 0.0335. The van der Waals surface area contributed by atoms with Crippen molar-refractivity contribution in [1.82, 2.24) is 0 Å². The molecule has 1 aliphatic heterocycles. The second-order valence-corrected chi connectivity index (χ2v) is 4.54. The Bertz CT molecular complexity index is 468. The Morgan fingerprint density at radius 1 is 1.50 bits per heavy atom. The fourth-order valence-corrected chi connectivity index (χ4v) is 2.37. The van der Waals surface area contributed by atoms with E-state index in [9.17, 15) is 4.79 Å². The van der Waals surface area contributed by atoms with Gasteiger partial charge >= 0.3 is 0 Å². The van der Waals surface area contributed by atoms with Gasteiger partial charge in [-0.25, -0.2) is 0 Å². The van der Waals surface area contributed by atoms with E-state index in [4.69, 9.17) is 10.00 Å². The number of halogens is 1. The lowest BCUT2D eigenvalue weighted by atomic mass is 10.2. The van der Waals surface area contributed by atoms with Crippen molar-refractivity contribution >= 4 is 34.2 Å². The van der Waals surface area contributed by atoms with E-state index in [1.807, 2.05) is 6.07 Å².